The number of para-hydroxylation sites is 1. The molecule has 2 aliphatic heterocycles. The SMILES string of the molecule is Cc1cc(-c2[nH]nc3c2[C@]2(C(=O)Nc4ccccc42)C(C#N)=C(N)O3)c(C)s1. The number of benzene rings is 1. The lowest BCUT2D eigenvalue weighted by atomic mass is 9.68. The Morgan fingerprint density at radius 2 is 2.11 bits per heavy atom. The van der Waals surface area contributed by atoms with Gasteiger partial charge in [-0.1, -0.05) is 18.2 Å². The van der Waals surface area contributed by atoms with Crippen molar-refractivity contribution in [2.24, 2.45) is 5.73 Å². The van der Waals surface area contributed by atoms with Crippen LogP contribution in [0.1, 0.15) is 20.9 Å². The van der Waals surface area contributed by atoms with Gasteiger partial charge in [-0.3, -0.25) is 9.89 Å². The first-order chi connectivity index (χ1) is 13.5. The maximum Gasteiger partial charge on any atom is 0.245 e. The molecule has 0 unspecified atom stereocenters. The third-order valence-corrected chi connectivity index (χ3v) is 6.24. The van der Waals surface area contributed by atoms with Gasteiger partial charge in [-0.05, 0) is 26.0 Å². The Morgan fingerprint density at radius 1 is 1.32 bits per heavy atom. The largest absolute Gasteiger partial charge is 0.420 e. The van der Waals surface area contributed by atoms with E-state index < -0.39 is 5.41 Å². The maximum absolute atomic E-state index is 13.4. The molecule has 0 radical (unpaired) electrons. The van der Waals surface area contributed by atoms with Gasteiger partial charge in [-0.15, -0.1) is 16.4 Å². The van der Waals surface area contributed by atoms with Crippen LogP contribution in [0.25, 0.3) is 11.3 Å². The summed E-state index contributed by atoms with van der Waals surface area (Å²) in [5, 5.41) is 20.1. The van der Waals surface area contributed by atoms with Crippen molar-refractivity contribution in [2.45, 2.75) is 19.3 Å². The molecular formula is C20H15N5O2S. The predicted molar refractivity (Wildman–Crippen MR) is 105 cm³/mol. The third kappa shape index (κ3) is 1.86. The molecule has 2 aromatic heterocycles. The van der Waals surface area contributed by atoms with Crippen LogP contribution in [0.15, 0.2) is 41.8 Å². The number of nitrogens with two attached hydrogens (primary N) is 1. The number of aromatic nitrogens is 2. The number of ether oxygens (including phenoxy) is 1. The van der Waals surface area contributed by atoms with Crippen LogP contribution in [0.2, 0.25) is 0 Å². The van der Waals surface area contributed by atoms with Gasteiger partial charge in [0.1, 0.15) is 17.1 Å². The first-order valence-corrected chi connectivity index (χ1v) is 9.45. The summed E-state index contributed by atoms with van der Waals surface area (Å²) < 4.78 is 5.65. The van der Waals surface area contributed by atoms with Crippen molar-refractivity contribution in [3.8, 4) is 23.2 Å². The molecule has 0 fully saturated rings. The molecule has 1 amide bonds. The lowest BCUT2D eigenvalue weighted by molar-refractivity contribution is -0.118. The van der Waals surface area contributed by atoms with E-state index in [2.05, 4.69) is 21.6 Å². The van der Waals surface area contributed by atoms with Crippen molar-refractivity contribution in [1.82, 2.24) is 10.2 Å². The fourth-order valence-electron chi connectivity index (χ4n) is 4.18. The number of anilines is 1. The molecule has 0 saturated carbocycles. The van der Waals surface area contributed by atoms with Gasteiger partial charge in [-0.25, -0.2) is 0 Å². The molecule has 1 atom stereocenters. The Labute approximate surface area is 164 Å². The normalized spacial score (nSPS) is 19.8. The third-order valence-electron chi connectivity index (χ3n) is 5.28. The smallest absolute Gasteiger partial charge is 0.245 e. The van der Waals surface area contributed by atoms with Gasteiger partial charge in [0.15, 0.2) is 0 Å². The zero-order chi connectivity index (χ0) is 19.6. The zero-order valence-corrected chi connectivity index (χ0v) is 15.9. The highest BCUT2D eigenvalue weighted by atomic mass is 32.1. The fourth-order valence-corrected chi connectivity index (χ4v) is 5.11. The van der Waals surface area contributed by atoms with E-state index in [1.54, 1.807) is 11.3 Å². The number of rotatable bonds is 1. The number of amides is 1. The number of aryl methyl sites for hydroxylation is 2. The topological polar surface area (TPSA) is 117 Å². The number of fused-ring (bicyclic) bond motifs is 4. The molecule has 8 heteroatoms. The van der Waals surface area contributed by atoms with E-state index in [9.17, 15) is 10.1 Å². The van der Waals surface area contributed by atoms with Crippen molar-refractivity contribution in [3.63, 3.8) is 0 Å². The number of hydrogen-bond donors (Lipinski definition) is 3. The summed E-state index contributed by atoms with van der Waals surface area (Å²) in [6, 6.07) is 11.5. The second kappa shape index (κ2) is 5.47. The minimum atomic E-state index is -1.41. The molecule has 1 aromatic carbocycles. The second-order valence-electron chi connectivity index (χ2n) is 6.81. The molecular weight excluding hydrogens is 374 g/mol. The van der Waals surface area contributed by atoms with Crippen molar-refractivity contribution in [1.29, 1.82) is 5.26 Å². The Balaban J connectivity index is 1.92. The number of H-pyrrole nitrogens is 1. The molecule has 0 bridgehead atoms. The number of nitriles is 1. The highest BCUT2D eigenvalue weighted by Crippen LogP contribution is 2.55. The number of nitrogens with zero attached hydrogens (tertiary/aromatic N) is 2. The Bertz CT molecular complexity index is 1250. The van der Waals surface area contributed by atoms with Crippen LogP contribution in [0.3, 0.4) is 0 Å². The van der Waals surface area contributed by atoms with Gasteiger partial charge in [0.2, 0.25) is 17.7 Å². The van der Waals surface area contributed by atoms with Crippen LogP contribution in [-0.4, -0.2) is 16.1 Å². The average Bonchev–Trinajstić information content (AvgIpc) is 3.30. The molecule has 5 rings (SSSR count). The van der Waals surface area contributed by atoms with Crippen molar-refractivity contribution < 1.29 is 9.53 Å². The van der Waals surface area contributed by atoms with Gasteiger partial charge < -0.3 is 15.8 Å². The summed E-state index contributed by atoms with van der Waals surface area (Å²) in [5.41, 5.74) is 8.12. The monoisotopic (exact) mass is 389 g/mol. The quantitative estimate of drug-likeness (QED) is 0.591. The van der Waals surface area contributed by atoms with Crippen LogP contribution in [0.4, 0.5) is 5.69 Å². The van der Waals surface area contributed by atoms with E-state index in [0.717, 1.165) is 15.3 Å². The van der Waals surface area contributed by atoms with E-state index in [4.69, 9.17) is 10.5 Å². The lowest BCUT2D eigenvalue weighted by Crippen LogP contribution is -2.42. The molecule has 28 heavy (non-hydrogen) atoms. The lowest BCUT2D eigenvalue weighted by Gasteiger charge is -2.31. The Kier molecular flexibility index (Phi) is 3.24. The van der Waals surface area contributed by atoms with E-state index in [1.807, 2.05) is 44.2 Å². The van der Waals surface area contributed by atoms with Crippen molar-refractivity contribution >= 4 is 22.9 Å². The molecule has 3 aromatic rings. The Hall–Kier alpha value is -3.57. The van der Waals surface area contributed by atoms with Crippen LogP contribution >= 0.6 is 11.3 Å². The number of carbonyl (C=O) groups excluding carboxylic acids is 1. The predicted octanol–water partition coefficient (Wildman–Crippen LogP) is 3.08. The van der Waals surface area contributed by atoms with Crippen LogP contribution in [0.5, 0.6) is 5.88 Å². The summed E-state index contributed by atoms with van der Waals surface area (Å²) >= 11 is 1.65. The number of thiophene rings is 1. The molecule has 1 spiro atoms. The van der Waals surface area contributed by atoms with Crippen molar-refractivity contribution in [3.05, 3.63) is 62.7 Å². The van der Waals surface area contributed by atoms with Gasteiger partial charge in [-0.2, -0.15) is 5.26 Å². The van der Waals surface area contributed by atoms with Crippen molar-refractivity contribution in [2.75, 3.05) is 5.32 Å². The molecule has 0 saturated heterocycles. The molecule has 0 aliphatic carbocycles. The maximum atomic E-state index is 13.4. The van der Waals surface area contributed by atoms with Gasteiger partial charge >= 0.3 is 0 Å². The standard InChI is InChI=1S/C20H15N5O2S/c1-9-7-11(10(2)28-9)16-15-18(25-24-16)27-17(22)13(8-21)20(15)12-5-3-4-6-14(12)23-19(20)26/h3-7H,22H2,1-2H3,(H,23,26)(H,24,25)/t20-/m1/s1. The van der Waals surface area contributed by atoms with Gasteiger partial charge in [0, 0.05) is 26.6 Å². The van der Waals surface area contributed by atoms with E-state index >= 15 is 0 Å². The number of carbonyl (C=O) groups is 1. The average molecular weight is 389 g/mol. The molecule has 4 heterocycles. The highest BCUT2D eigenvalue weighted by Gasteiger charge is 2.58. The number of nitrogens with one attached hydrogen (secondary N) is 2. The second-order valence-corrected chi connectivity index (χ2v) is 8.27. The molecule has 2 aliphatic rings. The molecule has 4 N–H and O–H groups in total. The highest BCUT2D eigenvalue weighted by molar-refractivity contribution is 7.12. The van der Waals surface area contributed by atoms with Crippen LogP contribution < -0.4 is 15.8 Å². The summed E-state index contributed by atoms with van der Waals surface area (Å²) in [7, 11) is 0. The Morgan fingerprint density at radius 3 is 2.82 bits per heavy atom. The summed E-state index contributed by atoms with van der Waals surface area (Å²) in [6.07, 6.45) is 0. The van der Waals surface area contributed by atoms with E-state index in [-0.39, 0.29) is 23.2 Å². The van der Waals surface area contributed by atoms with Crippen LogP contribution in [-0.2, 0) is 10.2 Å². The number of hydrogen-bond acceptors (Lipinski definition) is 6. The van der Waals surface area contributed by atoms with E-state index in [0.29, 0.717) is 22.5 Å². The minimum Gasteiger partial charge on any atom is -0.420 e. The minimum absolute atomic E-state index is 0.0645. The van der Waals surface area contributed by atoms with Gasteiger partial charge in [0.05, 0.1) is 11.3 Å². The molecule has 7 nitrogen and oxygen atoms in total. The zero-order valence-electron chi connectivity index (χ0n) is 15.1. The summed E-state index contributed by atoms with van der Waals surface area (Å²) in [5.74, 6) is -0.246. The van der Waals surface area contributed by atoms with Gasteiger partial charge in [0.25, 0.3) is 0 Å². The fraction of sp³-hybridized carbons (Fsp3) is 0.150. The first kappa shape index (κ1) is 16.6. The van der Waals surface area contributed by atoms with Crippen LogP contribution in [0, 0.1) is 25.2 Å². The van der Waals surface area contributed by atoms with E-state index in [1.165, 1.54) is 0 Å². The first-order valence-electron chi connectivity index (χ1n) is 8.63. The number of aromatic amines is 1. The molecule has 138 valence electrons. The summed E-state index contributed by atoms with van der Waals surface area (Å²) in [6.45, 7) is 4.03. The summed E-state index contributed by atoms with van der Waals surface area (Å²) in [4.78, 5) is 15.6.